The maximum atomic E-state index is 13.5. The van der Waals surface area contributed by atoms with Crippen LogP contribution in [0.15, 0.2) is 60.8 Å². The van der Waals surface area contributed by atoms with Gasteiger partial charge in [-0.25, -0.2) is 19.6 Å². The van der Waals surface area contributed by atoms with Crippen molar-refractivity contribution < 1.29 is 33.4 Å². The molecule has 2 aromatic heterocycles. The average molecular weight is 751 g/mol. The molecule has 0 bridgehead atoms. The highest BCUT2D eigenvalue weighted by atomic mass is 16.5. The summed E-state index contributed by atoms with van der Waals surface area (Å²) in [7, 11) is 2.56. The van der Waals surface area contributed by atoms with Crippen LogP contribution in [0.5, 0.6) is 0 Å². The minimum Gasteiger partial charge on any atom is -0.453 e. The predicted octanol–water partition coefficient (Wildman–Crippen LogP) is 5.61. The van der Waals surface area contributed by atoms with Gasteiger partial charge < -0.3 is 44.6 Å². The van der Waals surface area contributed by atoms with Gasteiger partial charge in [-0.15, -0.1) is 0 Å². The van der Waals surface area contributed by atoms with Crippen molar-refractivity contribution in [2.75, 3.05) is 40.5 Å². The van der Waals surface area contributed by atoms with Crippen LogP contribution >= 0.6 is 0 Å². The summed E-state index contributed by atoms with van der Waals surface area (Å²) in [4.78, 5) is 70.5. The Morgan fingerprint density at radius 3 is 2.09 bits per heavy atom. The molecular weight excluding hydrogens is 704 g/mol. The molecule has 3 aromatic carbocycles. The minimum absolute atomic E-state index is 0.143. The van der Waals surface area contributed by atoms with E-state index < -0.39 is 30.3 Å². The van der Waals surface area contributed by atoms with Gasteiger partial charge in [0.25, 0.3) is 0 Å². The molecule has 0 aliphatic carbocycles. The molecule has 0 spiro atoms. The largest absolute Gasteiger partial charge is 0.453 e. The number of carbonyl (C=O) groups is 4. The summed E-state index contributed by atoms with van der Waals surface area (Å²) in [6.07, 6.45) is 3.03. The number of ether oxygens (including phenoxy) is 3. The molecular formula is C40H46N8O7. The van der Waals surface area contributed by atoms with Crippen molar-refractivity contribution in [1.82, 2.24) is 40.4 Å². The number of rotatable bonds is 10. The number of amides is 4. The number of aromatic amines is 2. The second-order valence-corrected chi connectivity index (χ2v) is 13.8. The Morgan fingerprint density at radius 2 is 1.42 bits per heavy atom. The van der Waals surface area contributed by atoms with Gasteiger partial charge in [0.1, 0.15) is 29.8 Å². The van der Waals surface area contributed by atoms with E-state index in [1.807, 2.05) is 26.0 Å². The summed E-state index contributed by atoms with van der Waals surface area (Å²) >= 11 is 0. The molecule has 5 aromatic rings. The zero-order chi connectivity index (χ0) is 38.6. The third-order valence-corrected chi connectivity index (χ3v) is 10.5. The second-order valence-electron chi connectivity index (χ2n) is 13.8. The summed E-state index contributed by atoms with van der Waals surface area (Å²) in [6, 6.07) is 16.6. The number of H-pyrrole nitrogens is 2. The van der Waals surface area contributed by atoms with Gasteiger partial charge in [-0.3, -0.25) is 9.59 Å². The summed E-state index contributed by atoms with van der Waals surface area (Å²) in [6.45, 7) is 5.35. The molecule has 4 atom stereocenters. The van der Waals surface area contributed by atoms with Gasteiger partial charge in [-0.1, -0.05) is 44.2 Å². The lowest BCUT2D eigenvalue weighted by atomic mass is 9.99. The van der Waals surface area contributed by atoms with Crippen molar-refractivity contribution in [3.63, 3.8) is 0 Å². The van der Waals surface area contributed by atoms with Crippen LogP contribution in [0.3, 0.4) is 0 Å². The SMILES string of the molecule is CC[C@H](NC(=O)OC)C(=O)N1CCC[C@H]1c1ncc(-c2ccc3cc(-c4ccc5nc([C@@H]6COCCN6C(=O)[C@H](CC)NC(=O)OC)[nH]c5c4)ccc3c2)[nH]1. The fourth-order valence-electron chi connectivity index (χ4n) is 7.50. The zero-order valence-electron chi connectivity index (χ0n) is 31.4. The number of aromatic nitrogens is 4. The molecule has 2 aliphatic rings. The van der Waals surface area contributed by atoms with Gasteiger partial charge in [0.15, 0.2) is 0 Å². The molecule has 0 saturated carbocycles. The molecule has 4 heterocycles. The number of likely N-dealkylation sites (tertiary alicyclic amines) is 1. The lowest BCUT2D eigenvalue weighted by Crippen LogP contribution is -2.52. The molecule has 2 saturated heterocycles. The van der Waals surface area contributed by atoms with Crippen LogP contribution in [0, 0.1) is 0 Å². The van der Waals surface area contributed by atoms with Crippen molar-refractivity contribution in [2.24, 2.45) is 0 Å². The highest BCUT2D eigenvalue weighted by molar-refractivity contribution is 5.92. The number of alkyl carbamates (subject to hydrolysis) is 2. The first-order valence-corrected chi connectivity index (χ1v) is 18.7. The fraction of sp³-hybridized carbons (Fsp3) is 0.400. The molecule has 0 radical (unpaired) electrons. The van der Waals surface area contributed by atoms with Crippen LogP contribution in [0.25, 0.3) is 44.2 Å². The summed E-state index contributed by atoms with van der Waals surface area (Å²) in [5.74, 6) is 0.987. The van der Waals surface area contributed by atoms with Crippen LogP contribution in [-0.2, 0) is 23.8 Å². The first-order valence-electron chi connectivity index (χ1n) is 18.7. The number of methoxy groups -OCH3 is 2. The van der Waals surface area contributed by atoms with Gasteiger partial charge in [-0.2, -0.15) is 0 Å². The van der Waals surface area contributed by atoms with Crippen molar-refractivity contribution >= 4 is 45.8 Å². The molecule has 0 unspecified atom stereocenters. The van der Waals surface area contributed by atoms with E-state index in [0.29, 0.717) is 38.4 Å². The monoisotopic (exact) mass is 750 g/mol. The van der Waals surface area contributed by atoms with E-state index >= 15 is 0 Å². The quantitative estimate of drug-likeness (QED) is 0.141. The van der Waals surface area contributed by atoms with Gasteiger partial charge in [0, 0.05) is 18.7 Å². The highest BCUT2D eigenvalue weighted by Crippen LogP contribution is 2.34. The van der Waals surface area contributed by atoms with Crippen LogP contribution in [0.1, 0.15) is 63.3 Å². The Bertz CT molecular complexity index is 2220. The van der Waals surface area contributed by atoms with E-state index in [2.05, 4.69) is 68.1 Å². The maximum absolute atomic E-state index is 13.5. The van der Waals surface area contributed by atoms with Crippen LogP contribution in [-0.4, -0.2) is 106 Å². The van der Waals surface area contributed by atoms with E-state index in [0.717, 1.165) is 62.9 Å². The van der Waals surface area contributed by atoms with Gasteiger partial charge in [0.05, 0.1) is 56.4 Å². The van der Waals surface area contributed by atoms with Crippen LogP contribution in [0.4, 0.5) is 9.59 Å². The van der Waals surface area contributed by atoms with Crippen molar-refractivity contribution in [3.05, 3.63) is 72.4 Å². The molecule has 288 valence electrons. The van der Waals surface area contributed by atoms with Crippen LogP contribution < -0.4 is 10.6 Å². The standard InChI is InChI=1S/C40H46N8O7/c1-5-28(45-39(51)53-3)37(49)47-15-7-8-33(47)35-41-21-32(44-35)27-12-11-23-18-24(9-10-25(23)19-27)26-13-14-30-31(20-26)43-36(42-30)34-22-55-17-16-48(34)38(50)29(6-2)46-40(52)54-4/h9-14,18-21,28-29,33-34H,5-8,15-17,22H2,1-4H3,(H,41,44)(H,42,43)(H,45,51)(H,46,52)/t28-,29-,33-,34-/m0/s1. The smallest absolute Gasteiger partial charge is 0.407 e. The number of morpholine rings is 1. The lowest BCUT2D eigenvalue weighted by Gasteiger charge is -2.36. The number of fused-ring (bicyclic) bond motifs is 2. The Morgan fingerprint density at radius 1 is 0.800 bits per heavy atom. The summed E-state index contributed by atoms with van der Waals surface area (Å²) in [5.41, 5.74) is 5.49. The number of nitrogens with one attached hydrogen (secondary N) is 4. The van der Waals surface area contributed by atoms with E-state index in [-0.39, 0.29) is 24.5 Å². The summed E-state index contributed by atoms with van der Waals surface area (Å²) in [5, 5.41) is 7.42. The van der Waals surface area contributed by atoms with Crippen LogP contribution in [0.2, 0.25) is 0 Å². The molecule has 2 fully saturated rings. The zero-order valence-corrected chi connectivity index (χ0v) is 31.4. The van der Waals surface area contributed by atoms with E-state index in [9.17, 15) is 19.2 Å². The van der Waals surface area contributed by atoms with Crippen molar-refractivity contribution in [2.45, 2.75) is 63.7 Å². The Kier molecular flexibility index (Phi) is 11.0. The first-order chi connectivity index (χ1) is 26.7. The minimum atomic E-state index is -0.720. The number of imidazole rings is 2. The van der Waals surface area contributed by atoms with E-state index in [1.54, 1.807) is 16.0 Å². The number of carbonyl (C=O) groups excluding carboxylic acids is 4. The Labute approximate surface area is 318 Å². The Balaban J connectivity index is 1.07. The number of hydrogen-bond acceptors (Lipinski definition) is 9. The molecule has 7 rings (SSSR count). The fourth-order valence-corrected chi connectivity index (χ4v) is 7.50. The summed E-state index contributed by atoms with van der Waals surface area (Å²) < 4.78 is 15.2. The second kappa shape index (κ2) is 16.2. The van der Waals surface area contributed by atoms with Gasteiger partial charge in [0.2, 0.25) is 11.8 Å². The molecule has 2 aliphatic heterocycles. The molecule has 15 nitrogen and oxygen atoms in total. The first kappa shape index (κ1) is 37.4. The number of nitrogens with zero attached hydrogens (tertiary/aromatic N) is 4. The van der Waals surface area contributed by atoms with E-state index in [4.69, 9.17) is 19.2 Å². The molecule has 4 N–H and O–H groups in total. The van der Waals surface area contributed by atoms with Gasteiger partial charge >= 0.3 is 12.2 Å². The third-order valence-electron chi connectivity index (χ3n) is 10.5. The topological polar surface area (TPSA) is 184 Å². The number of hydrogen-bond donors (Lipinski definition) is 4. The lowest BCUT2D eigenvalue weighted by molar-refractivity contribution is -0.142. The molecule has 4 amide bonds. The maximum Gasteiger partial charge on any atom is 0.407 e. The average Bonchev–Trinajstić information content (AvgIpc) is 4.01. The van der Waals surface area contributed by atoms with Crippen molar-refractivity contribution in [3.8, 4) is 22.4 Å². The van der Waals surface area contributed by atoms with E-state index in [1.165, 1.54) is 14.2 Å². The predicted molar refractivity (Wildman–Crippen MR) is 205 cm³/mol. The number of benzene rings is 3. The van der Waals surface area contributed by atoms with Gasteiger partial charge in [-0.05, 0) is 71.8 Å². The third kappa shape index (κ3) is 7.69. The molecule has 15 heteroatoms. The van der Waals surface area contributed by atoms with Crippen molar-refractivity contribution in [1.29, 1.82) is 0 Å². The molecule has 55 heavy (non-hydrogen) atoms. The normalized spacial score (nSPS) is 18.3. The highest BCUT2D eigenvalue weighted by Gasteiger charge is 2.37. The Hall–Kier alpha value is -5.96.